The van der Waals surface area contributed by atoms with Crippen molar-refractivity contribution in [3.05, 3.63) is 45.6 Å². The molecule has 0 fully saturated rings. The highest BCUT2D eigenvalue weighted by Gasteiger charge is 2.02. The van der Waals surface area contributed by atoms with Gasteiger partial charge in [0, 0.05) is 9.13 Å². The quantitative estimate of drug-likeness (QED) is 0.632. The molecule has 2 heteroatoms. The van der Waals surface area contributed by atoms with Crippen LogP contribution in [0.4, 0.5) is 0 Å². The summed E-state index contributed by atoms with van der Waals surface area (Å²) in [5, 5.41) is 0. The predicted octanol–water partition coefficient (Wildman–Crippen LogP) is 2.15. The molecule has 1 unspecified atom stereocenters. The van der Waals surface area contributed by atoms with E-state index in [9.17, 15) is 0 Å². The third kappa shape index (κ3) is 2.60. The highest BCUT2D eigenvalue weighted by atomic mass is 127. The molecular weight excluding hydrogens is 261 g/mol. The molecule has 0 bridgehead atoms. The van der Waals surface area contributed by atoms with Crippen LogP contribution in [0.3, 0.4) is 0 Å². The smallest absolute Gasteiger partial charge is 0.129 e. The van der Waals surface area contributed by atoms with Crippen LogP contribution in [0.2, 0.25) is 0 Å². The van der Waals surface area contributed by atoms with Gasteiger partial charge in [0.05, 0.1) is 0 Å². The molecule has 12 heavy (non-hydrogen) atoms. The summed E-state index contributed by atoms with van der Waals surface area (Å²) in [4.78, 5) is 0. The Hall–Kier alpha value is -0.350. The molecule has 0 heterocycles. The summed E-state index contributed by atoms with van der Waals surface area (Å²) >= 11 is 2.30. The Morgan fingerprint density at radius 3 is 2.42 bits per heavy atom. The second-order valence-corrected chi connectivity index (χ2v) is 3.93. The highest BCUT2D eigenvalue weighted by molar-refractivity contribution is 14.1. The van der Waals surface area contributed by atoms with Crippen LogP contribution in [0.5, 0.6) is 0 Å². The summed E-state index contributed by atoms with van der Waals surface area (Å²) in [6, 6.07) is 8.75. The topological polar surface area (TPSA) is 27.6 Å². The molecule has 0 amide bonds. The Labute approximate surface area is 86.8 Å². The average molecular weight is 274 g/mol. The first kappa shape index (κ1) is 9.74. The molecule has 0 saturated heterocycles. The Morgan fingerprint density at radius 1 is 1.33 bits per heavy atom. The van der Waals surface area contributed by atoms with E-state index in [1.54, 1.807) is 0 Å². The first-order chi connectivity index (χ1) is 5.74. The minimum atomic E-state index is 0.284. The number of benzene rings is 1. The van der Waals surface area contributed by atoms with E-state index in [0.29, 0.717) is 0 Å². The fourth-order valence-electron chi connectivity index (χ4n) is 1.05. The minimum absolute atomic E-state index is 0.284. The van der Waals surface area contributed by atoms with Crippen LogP contribution in [0.1, 0.15) is 18.5 Å². The lowest BCUT2D eigenvalue weighted by Gasteiger charge is -2.02. The van der Waals surface area contributed by atoms with Crippen molar-refractivity contribution in [1.29, 1.82) is 0 Å². The second kappa shape index (κ2) is 4.62. The molecule has 0 aliphatic heterocycles. The van der Waals surface area contributed by atoms with Crippen LogP contribution in [0, 0.1) is 3.57 Å². The number of hydrogen-bond donors (Lipinski definition) is 1. The molecular formula is C10H13IN+. The third-order valence-corrected chi connectivity index (χ3v) is 2.44. The van der Waals surface area contributed by atoms with Gasteiger partial charge in [-0.2, -0.15) is 0 Å². The van der Waals surface area contributed by atoms with Gasteiger partial charge in [0.15, 0.2) is 0 Å². The summed E-state index contributed by atoms with van der Waals surface area (Å²) in [7, 11) is 0. The molecule has 1 atom stereocenters. The van der Waals surface area contributed by atoms with Crippen LogP contribution in [0.15, 0.2) is 36.4 Å². The van der Waals surface area contributed by atoms with Crippen LogP contribution < -0.4 is 5.73 Å². The van der Waals surface area contributed by atoms with Gasteiger partial charge in [0.2, 0.25) is 0 Å². The van der Waals surface area contributed by atoms with Gasteiger partial charge in [-0.05, 0) is 47.7 Å². The van der Waals surface area contributed by atoms with Crippen molar-refractivity contribution < 1.29 is 5.73 Å². The molecule has 0 aliphatic carbocycles. The normalized spacial score (nSPS) is 13.6. The zero-order valence-corrected chi connectivity index (χ0v) is 9.28. The standard InChI is InChI=1S/C10H12IN/c1-2-3-10(12)8-4-6-9(11)7-5-8/h2-7,10H,12H2,1H3/p+1/b3-2-. The average Bonchev–Trinajstić information content (AvgIpc) is 2.06. The molecule has 0 saturated carbocycles. The van der Waals surface area contributed by atoms with Crippen molar-refractivity contribution in [2.45, 2.75) is 13.0 Å². The Kier molecular flexibility index (Phi) is 3.75. The molecule has 3 N–H and O–H groups in total. The lowest BCUT2D eigenvalue weighted by atomic mass is 10.1. The minimum Gasteiger partial charge on any atom is -0.348 e. The number of rotatable bonds is 2. The van der Waals surface area contributed by atoms with E-state index < -0.39 is 0 Å². The lowest BCUT2D eigenvalue weighted by Crippen LogP contribution is -2.52. The summed E-state index contributed by atoms with van der Waals surface area (Å²) in [6.45, 7) is 2.02. The largest absolute Gasteiger partial charge is 0.348 e. The highest BCUT2D eigenvalue weighted by Crippen LogP contribution is 2.12. The van der Waals surface area contributed by atoms with Gasteiger partial charge in [0.1, 0.15) is 6.04 Å². The van der Waals surface area contributed by atoms with Crippen molar-refractivity contribution in [3.8, 4) is 0 Å². The van der Waals surface area contributed by atoms with E-state index in [2.05, 4.69) is 58.7 Å². The zero-order chi connectivity index (χ0) is 8.97. The summed E-state index contributed by atoms with van der Waals surface area (Å²) in [6.07, 6.45) is 4.14. The van der Waals surface area contributed by atoms with E-state index in [1.807, 2.05) is 13.0 Å². The first-order valence-electron chi connectivity index (χ1n) is 3.95. The fraction of sp³-hybridized carbons (Fsp3) is 0.200. The number of hydrogen-bond acceptors (Lipinski definition) is 0. The van der Waals surface area contributed by atoms with Gasteiger partial charge in [0.25, 0.3) is 0 Å². The van der Waals surface area contributed by atoms with E-state index >= 15 is 0 Å². The lowest BCUT2D eigenvalue weighted by molar-refractivity contribution is -0.409. The van der Waals surface area contributed by atoms with Crippen molar-refractivity contribution in [2.24, 2.45) is 0 Å². The molecule has 1 nitrogen and oxygen atoms in total. The van der Waals surface area contributed by atoms with Crippen LogP contribution in [-0.4, -0.2) is 0 Å². The Balaban J connectivity index is 2.82. The Morgan fingerprint density at radius 2 is 1.92 bits per heavy atom. The first-order valence-corrected chi connectivity index (χ1v) is 5.03. The summed E-state index contributed by atoms with van der Waals surface area (Å²) in [5.41, 5.74) is 5.31. The molecule has 64 valence electrons. The van der Waals surface area contributed by atoms with Crippen molar-refractivity contribution in [1.82, 2.24) is 0 Å². The van der Waals surface area contributed by atoms with Gasteiger partial charge in [-0.25, -0.2) is 0 Å². The van der Waals surface area contributed by atoms with E-state index in [-0.39, 0.29) is 6.04 Å². The van der Waals surface area contributed by atoms with Crippen LogP contribution in [0.25, 0.3) is 0 Å². The third-order valence-electron chi connectivity index (χ3n) is 1.72. The summed E-state index contributed by atoms with van der Waals surface area (Å²) in [5.74, 6) is 0. The maximum atomic E-state index is 4.04. The molecule has 1 rings (SSSR count). The maximum absolute atomic E-state index is 4.04. The van der Waals surface area contributed by atoms with Gasteiger partial charge >= 0.3 is 0 Å². The SMILES string of the molecule is C/C=C\C([NH3+])c1ccc(I)cc1. The molecule has 0 radical (unpaired) electrons. The molecule has 1 aromatic carbocycles. The Bertz CT molecular complexity index is 264. The predicted molar refractivity (Wildman–Crippen MR) is 59.6 cm³/mol. The molecule has 0 aliphatic rings. The van der Waals surface area contributed by atoms with E-state index in [4.69, 9.17) is 0 Å². The molecule has 0 aromatic heterocycles. The maximum Gasteiger partial charge on any atom is 0.129 e. The van der Waals surface area contributed by atoms with Gasteiger partial charge < -0.3 is 5.73 Å². The molecule has 0 spiro atoms. The molecule has 1 aromatic rings. The van der Waals surface area contributed by atoms with Crippen LogP contribution >= 0.6 is 22.6 Å². The monoisotopic (exact) mass is 274 g/mol. The van der Waals surface area contributed by atoms with Gasteiger partial charge in [-0.3, -0.25) is 0 Å². The summed E-state index contributed by atoms with van der Waals surface area (Å²) < 4.78 is 1.27. The van der Waals surface area contributed by atoms with Crippen molar-refractivity contribution >= 4 is 22.6 Å². The zero-order valence-electron chi connectivity index (χ0n) is 7.13. The van der Waals surface area contributed by atoms with Crippen molar-refractivity contribution in [3.63, 3.8) is 0 Å². The van der Waals surface area contributed by atoms with Gasteiger partial charge in [-0.15, -0.1) is 0 Å². The number of halogens is 1. The van der Waals surface area contributed by atoms with Crippen molar-refractivity contribution in [2.75, 3.05) is 0 Å². The fourth-order valence-corrected chi connectivity index (χ4v) is 1.41. The van der Waals surface area contributed by atoms with E-state index in [1.165, 1.54) is 9.13 Å². The van der Waals surface area contributed by atoms with Crippen LogP contribution in [-0.2, 0) is 0 Å². The number of allylic oxidation sites excluding steroid dienone is 1. The number of quaternary nitrogens is 1. The van der Waals surface area contributed by atoms with Gasteiger partial charge in [-0.1, -0.05) is 18.2 Å². The second-order valence-electron chi connectivity index (χ2n) is 2.68. The van der Waals surface area contributed by atoms with E-state index in [0.717, 1.165) is 0 Å².